The third-order valence-electron chi connectivity index (χ3n) is 7.19. The smallest absolute Gasteiger partial charge is 0.264 e. The van der Waals surface area contributed by atoms with Gasteiger partial charge in [0.2, 0.25) is 11.8 Å². The van der Waals surface area contributed by atoms with Crippen molar-refractivity contribution in [3.05, 3.63) is 93.4 Å². The van der Waals surface area contributed by atoms with E-state index in [9.17, 15) is 18.0 Å². The van der Waals surface area contributed by atoms with Gasteiger partial charge in [0.25, 0.3) is 10.0 Å². The normalized spacial score (nSPS) is 14.4. The quantitative estimate of drug-likeness (QED) is 0.254. The maximum atomic E-state index is 14.2. The third-order valence-corrected chi connectivity index (χ3v) is 10.1. The summed E-state index contributed by atoms with van der Waals surface area (Å²) in [4.78, 5) is 29.1. The molecule has 0 heterocycles. The van der Waals surface area contributed by atoms with Crippen LogP contribution in [0.25, 0.3) is 0 Å². The maximum Gasteiger partial charge on any atom is 0.264 e. The first-order chi connectivity index (χ1) is 19.6. The summed E-state index contributed by atoms with van der Waals surface area (Å²) in [6.07, 6.45) is 4.19. The second-order valence-corrected chi connectivity index (χ2v) is 13.0. The number of nitrogens with zero attached hydrogens (tertiary/aromatic N) is 2. The van der Waals surface area contributed by atoms with E-state index in [0.717, 1.165) is 30.0 Å². The van der Waals surface area contributed by atoms with E-state index in [0.29, 0.717) is 17.0 Å². The van der Waals surface area contributed by atoms with E-state index < -0.39 is 28.5 Å². The number of hydrogen-bond acceptors (Lipinski definition) is 4. The van der Waals surface area contributed by atoms with E-state index in [4.69, 9.17) is 34.8 Å². The van der Waals surface area contributed by atoms with Crippen molar-refractivity contribution in [3.63, 3.8) is 0 Å². The molecule has 1 aliphatic rings. The van der Waals surface area contributed by atoms with Crippen LogP contribution < -0.4 is 9.62 Å². The Morgan fingerprint density at radius 1 is 0.902 bits per heavy atom. The molecule has 0 bridgehead atoms. The second-order valence-electron chi connectivity index (χ2n) is 9.95. The van der Waals surface area contributed by atoms with Crippen LogP contribution in [0.4, 0.5) is 5.69 Å². The Morgan fingerprint density at radius 2 is 1.56 bits per heavy atom. The SMILES string of the molecule is CCC(C(=O)NC1CCCC1)N(Cc1ccccc1Cl)C(=O)CN(c1ccc(Cl)c(Cl)c1)S(=O)(=O)c1ccccc1. The molecule has 7 nitrogen and oxygen atoms in total. The van der Waals surface area contributed by atoms with Crippen LogP contribution in [0.15, 0.2) is 77.7 Å². The summed E-state index contributed by atoms with van der Waals surface area (Å²) in [6.45, 7) is 1.27. The van der Waals surface area contributed by atoms with Gasteiger partial charge in [0, 0.05) is 17.6 Å². The average Bonchev–Trinajstić information content (AvgIpc) is 3.47. The van der Waals surface area contributed by atoms with Crippen molar-refractivity contribution in [2.75, 3.05) is 10.8 Å². The van der Waals surface area contributed by atoms with Crippen molar-refractivity contribution in [1.29, 1.82) is 0 Å². The van der Waals surface area contributed by atoms with Crippen molar-refractivity contribution in [3.8, 4) is 0 Å². The van der Waals surface area contributed by atoms with Gasteiger partial charge in [-0.15, -0.1) is 0 Å². The predicted molar refractivity (Wildman–Crippen MR) is 164 cm³/mol. The molecule has 4 rings (SSSR count). The highest BCUT2D eigenvalue weighted by molar-refractivity contribution is 7.92. The molecule has 41 heavy (non-hydrogen) atoms. The van der Waals surface area contributed by atoms with Gasteiger partial charge in [0.1, 0.15) is 12.6 Å². The molecular formula is C30H32Cl3N3O4S. The highest BCUT2D eigenvalue weighted by Gasteiger charge is 2.35. The Morgan fingerprint density at radius 3 is 2.20 bits per heavy atom. The number of carbonyl (C=O) groups is 2. The number of benzene rings is 3. The molecule has 3 aromatic carbocycles. The highest BCUT2D eigenvalue weighted by atomic mass is 35.5. The minimum atomic E-state index is -4.21. The lowest BCUT2D eigenvalue weighted by molar-refractivity contribution is -0.140. The number of rotatable bonds is 11. The summed E-state index contributed by atoms with van der Waals surface area (Å²) in [7, 11) is -4.21. The zero-order chi connectivity index (χ0) is 29.6. The van der Waals surface area contributed by atoms with Gasteiger partial charge in [-0.2, -0.15) is 0 Å². The van der Waals surface area contributed by atoms with Crippen LogP contribution >= 0.6 is 34.8 Å². The summed E-state index contributed by atoms with van der Waals surface area (Å²) in [5.41, 5.74) is 0.805. The van der Waals surface area contributed by atoms with Gasteiger partial charge < -0.3 is 10.2 Å². The fourth-order valence-electron chi connectivity index (χ4n) is 4.99. The Balaban J connectivity index is 1.73. The van der Waals surface area contributed by atoms with Gasteiger partial charge in [0.05, 0.1) is 20.6 Å². The van der Waals surface area contributed by atoms with E-state index in [-0.39, 0.29) is 39.1 Å². The monoisotopic (exact) mass is 635 g/mol. The molecule has 218 valence electrons. The number of hydrogen-bond donors (Lipinski definition) is 1. The lowest BCUT2D eigenvalue weighted by Gasteiger charge is -2.34. The van der Waals surface area contributed by atoms with E-state index in [2.05, 4.69) is 5.32 Å². The number of amides is 2. The summed E-state index contributed by atoms with van der Waals surface area (Å²) in [5, 5.41) is 3.91. The summed E-state index contributed by atoms with van der Waals surface area (Å²) in [6, 6.07) is 18.5. The van der Waals surface area contributed by atoms with Crippen LogP contribution in [0.3, 0.4) is 0 Å². The molecule has 1 fully saturated rings. The summed E-state index contributed by atoms with van der Waals surface area (Å²) < 4.78 is 28.8. The van der Waals surface area contributed by atoms with Gasteiger partial charge in [-0.3, -0.25) is 13.9 Å². The van der Waals surface area contributed by atoms with Crippen molar-refractivity contribution in [2.24, 2.45) is 0 Å². The van der Waals surface area contributed by atoms with Crippen LogP contribution in [0.5, 0.6) is 0 Å². The summed E-state index contributed by atoms with van der Waals surface area (Å²) >= 11 is 18.8. The fourth-order valence-corrected chi connectivity index (χ4v) is 6.90. The molecule has 0 radical (unpaired) electrons. The maximum absolute atomic E-state index is 14.2. The average molecular weight is 637 g/mol. The van der Waals surface area contributed by atoms with Crippen molar-refractivity contribution in [2.45, 2.75) is 62.6 Å². The molecule has 1 atom stereocenters. The lowest BCUT2D eigenvalue weighted by Crippen LogP contribution is -2.53. The Hall–Kier alpha value is -2.78. The molecule has 2 amide bonds. The molecule has 0 aliphatic heterocycles. The molecule has 1 unspecified atom stereocenters. The van der Waals surface area contributed by atoms with Gasteiger partial charge in [-0.25, -0.2) is 8.42 Å². The van der Waals surface area contributed by atoms with Crippen LogP contribution in [0, 0.1) is 0 Å². The van der Waals surface area contributed by atoms with E-state index in [1.165, 1.54) is 35.2 Å². The Kier molecular flexibility index (Phi) is 10.6. The molecule has 3 aromatic rings. The van der Waals surface area contributed by atoms with E-state index in [1.54, 1.807) is 42.5 Å². The number of nitrogens with one attached hydrogen (secondary N) is 1. The summed E-state index contributed by atoms with van der Waals surface area (Å²) in [5.74, 6) is -0.837. The first-order valence-corrected chi connectivity index (χ1v) is 16.0. The Labute approximate surface area is 256 Å². The highest BCUT2D eigenvalue weighted by Crippen LogP contribution is 2.31. The number of carbonyl (C=O) groups excluding carboxylic acids is 2. The second kappa shape index (κ2) is 13.9. The molecule has 1 aliphatic carbocycles. The lowest BCUT2D eigenvalue weighted by atomic mass is 10.1. The molecule has 1 saturated carbocycles. The number of anilines is 1. The van der Waals surface area contributed by atoms with Crippen LogP contribution in [-0.2, 0) is 26.2 Å². The molecule has 0 saturated heterocycles. The molecule has 1 N–H and O–H groups in total. The zero-order valence-corrected chi connectivity index (χ0v) is 25.7. The fraction of sp³-hybridized carbons (Fsp3) is 0.333. The van der Waals surface area contributed by atoms with Gasteiger partial charge in [-0.1, -0.05) is 91.0 Å². The largest absolute Gasteiger partial charge is 0.352 e. The minimum Gasteiger partial charge on any atom is -0.352 e. The topological polar surface area (TPSA) is 86.8 Å². The molecular weight excluding hydrogens is 605 g/mol. The third kappa shape index (κ3) is 7.55. The van der Waals surface area contributed by atoms with Crippen LogP contribution in [-0.4, -0.2) is 43.8 Å². The number of sulfonamides is 1. The van der Waals surface area contributed by atoms with Crippen LogP contribution in [0.2, 0.25) is 15.1 Å². The van der Waals surface area contributed by atoms with Crippen LogP contribution in [0.1, 0.15) is 44.6 Å². The minimum absolute atomic E-state index is 0.00236. The first kappa shape index (κ1) is 31.2. The van der Waals surface area contributed by atoms with Crippen molar-refractivity contribution >= 4 is 62.3 Å². The Bertz CT molecular complexity index is 1480. The molecule has 11 heteroatoms. The van der Waals surface area contributed by atoms with E-state index in [1.807, 2.05) is 6.92 Å². The predicted octanol–water partition coefficient (Wildman–Crippen LogP) is 6.71. The standard InChI is InChI=1S/C30H32Cl3N3O4S/c1-2-28(30(38)34-22-11-7-8-12-22)35(19-21-10-6-9-15-25(21)31)29(37)20-36(23-16-17-26(32)27(33)18-23)41(39,40)24-13-4-3-5-14-24/h3-6,9-10,13-18,22,28H,2,7-8,11-12,19-20H2,1H3,(H,34,38). The first-order valence-electron chi connectivity index (χ1n) is 13.5. The van der Waals surface area contributed by atoms with Gasteiger partial charge >= 0.3 is 0 Å². The van der Waals surface area contributed by atoms with Crippen molar-refractivity contribution < 1.29 is 18.0 Å². The molecule has 0 spiro atoms. The van der Waals surface area contributed by atoms with Crippen molar-refractivity contribution in [1.82, 2.24) is 10.2 Å². The molecule has 0 aromatic heterocycles. The van der Waals surface area contributed by atoms with Gasteiger partial charge in [-0.05, 0) is 61.2 Å². The van der Waals surface area contributed by atoms with E-state index >= 15 is 0 Å². The number of halogens is 3. The zero-order valence-electron chi connectivity index (χ0n) is 22.6. The van der Waals surface area contributed by atoms with Gasteiger partial charge in [0.15, 0.2) is 0 Å².